The molecule has 8 heteroatoms. The standard InChI is InChI=1S/C7H14O8/c8-1-3(10)4(11)5(12)7(15,2-9)6(13)14/h3-5,8-12,15H,1-2H2,(H,13,14)/t3?,4?,5-,7-/m1/s1. The maximum atomic E-state index is 10.5. The molecule has 0 aliphatic carbocycles. The van der Waals surface area contributed by atoms with E-state index in [9.17, 15) is 15.0 Å². The van der Waals surface area contributed by atoms with Gasteiger partial charge >= 0.3 is 5.97 Å². The van der Waals surface area contributed by atoms with Crippen LogP contribution in [0.25, 0.3) is 0 Å². The van der Waals surface area contributed by atoms with Crippen LogP contribution in [0.5, 0.6) is 0 Å². The lowest BCUT2D eigenvalue weighted by Gasteiger charge is -2.31. The summed E-state index contributed by atoms with van der Waals surface area (Å²) in [5.41, 5.74) is -2.99. The van der Waals surface area contributed by atoms with Crippen LogP contribution in [0.4, 0.5) is 0 Å². The lowest BCUT2D eigenvalue weighted by Crippen LogP contribution is -2.60. The summed E-state index contributed by atoms with van der Waals surface area (Å²) in [6, 6.07) is 0. The Morgan fingerprint density at radius 1 is 1.20 bits per heavy atom. The van der Waals surface area contributed by atoms with Crippen LogP contribution in [0.15, 0.2) is 0 Å². The zero-order valence-electron chi connectivity index (χ0n) is 7.69. The molecule has 0 saturated heterocycles. The smallest absolute Gasteiger partial charge is 0.341 e. The molecule has 2 unspecified atom stereocenters. The van der Waals surface area contributed by atoms with E-state index in [4.69, 9.17) is 25.5 Å². The van der Waals surface area contributed by atoms with E-state index in [-0.39, 0.29) is 0 Å². The number of rotatable bonds is 6. The minimum Gasteiger partial charge on any atom is -0.479 e. The summed E-state index contributed by atoms with van der Waals surface area (Å²) in [6.45, 7) is -2.28. The van der Waals surface area contributed by atoms with Crippen molar-refractivity contribution in [2.24, 2.45) is 0 Å². The SMILES string of the molecule is O=C(O)[C@@](O)(CO)[C@H](O)C(O)C(O)CO. The number of aliphatic hydroxyl groups excluding tert-OH is 5. The molecule has 0 fully saturated rings. The molecule has 0 spiro atoms. The van der Waals surface area contributed by atoms with Gasteiger partial charge in [-0.2, -0.15) is 0 Å². The summed E-state index contributed by atoms with van der Waals surface area (Å²) in [7, 11) is 0. The second kappa shape index (κ2) is 5.35. The van der Waals surface area contributed by atoms with Crippen molar-refractivity contribution >= 4 is 5.97 Å². The highest BCUT2D eigenvalue weighted by Crippen LogP contribution is 2.16. The first-order valence-corrected chi connectivity index (χ1v) is 4.03. The largest absolute Gasteiger partial charge is 0.479 e. The van der Waals surface area contributed by atoms with E-state index in [0.717, 1.165) is 0 Å². The molecule has 0 aromatic heterocycles. The summed E-state index contributed by atoms with van der Waals surface area (Å²) < 4.78 is 0. The van der Waals surface area contributed by atoms with Crippen LogP contribution in [0, 0.1) is 0 Å². The van der Waals surface area contributed by atoms with Gasteiger partial charge in [-0.25, -0.2) is 4.79 Å². The minimum atomic E-state index is -2.99. The lowest BCUT2D eigenvalue weighted by atomic mass is 9.91. The molecular formula is C7H14O8. The van der Waals surface area contributed by atoms with E-state index in [2.05, 4.69) is 0 Å². The van der Waals surface area contributed by atoms with Crippen LogP contribution in [0.2, 0.25) is 0 Å². The first-order valence-electron chi connectivity index (χ1n) is 4.03. The van der Waals surface area contributed by atoms with E-state index in [1.54, 1.807) is 0 Å². The van der Waals surface area contributed by atoms with Crippen LogP contribution in [0.1, 0.15) is 0 Å². The average Bonchev–Trinajstić information content (AvgIpc) is 2.24. The second-order valence-electron chi connectivity index (χ2n) is 3.07. The minimum absolute atomic E-state index is 0.931. The quantitative estimate of drug-likeness (QED) is 0.240. The molecule has 90 valence electrons. The average molecular weight is 226 g/mol. The first-order chi connectivity index (χ1) is 6.81. The van der Waals surface area contributed by atoms with Crippen molar-refractivity contribution in [1.82, 2.24) is 0 Å². The van der Waals surface area contributed by atoms with Gasteiger partial charge in [-0.3, -0.25) is 0 Å². The third-order valence-electron chi connectivity index (χ3n) is 2.01. The summed E-state index contributed by atoms with van der Waals surface area (Å²) in [5, 5.41) is 61.9. The number of aliphatic hydroxyl groups is 6. The topological polar surface area (TPSA) is 159 Å². The molecule has 0 aliphatic heterocycles. The normalized spacial score (nSPS) is 21.5. The van der Waals surface area contributed by atoms with E-state index in [0.29, 0.717) is 0 Å². The molecule has 0 radical (unpaired) electrons. The molecule has 0 bridgehead atoms. The Labute approximate surface area is 84.7 Å². The van der Waals surface area contributed by atoms with E-state index < -0.39 is 43.1 Å². The van der Waals surface area contributed by atoms with Crippen molar-refractivity contribution in [2.45, 2.75) is 23.9 Å². The van der Waals surface area contributed by atoms with Crippen LogP contribution in [-0.4, -0.2) is 78.8 Å². The second-order valence-corrected chi connectivity index (χ2v) is 3.07. The van der Waals surface area contributed by atoms with Crippen LogP contribution >= 0.6 is 0 Å². The predicted molar refractivity (Wildman–Crippen MR) is 44.8 cm³/mol. The first kappa shape index (κ1) is 14.2. The van der Waals surface area contributed by atoms with Gasteiger partial charge in [0.15, 0.2) is 0 Å². The number of hydrogen-bond acceptors (Lipinski definition) is 7. The maximum absolute atomic E-state index is 10.5. The lowest BCUT2D eigenvalue weighted by molar-refractivity contribution is -0.198. The third kappa shape index (κ3) is 2.84. The Balaban J connectivity index is 4.79. The fraction of sp³-hybridized carbons (Fsp3) is 0.857. The molecule has 0 amide bonds. The highest BCUT2D eigenvalue weighted by atomic mass is 16.4. The zero-order chi connectivity index (χ0) is 12.2. The Hall–Kier alpha value is -0.770. The van der Waals surface area contributed by atoms with Crippen LogP contribution in [-0.2, 0) is 4.79 Å². The van der Waals surface area contributed by atoms with Gasteiger partial charge in [0.2, 0.25) is 5.60 Å². The monoisotopic (exact) mass is 226 g/mol. The molecule has 0 aliphatic rings. The molecule has 0 heterocycles. The van der Waals surface area contributed by atoms with Gasteiger partial charge in [-0.15, -0.1) is 0 Å². The maximum Gasteiger partial charge on any atom is 0.341 e. The van der Waals surface area contributed by atoms with Crippen molar-refractivity contribution < 1.29 is 40.5 Å². The summed E-state index contributed by atoms with van der Waals surface area (Å²) >= 11 is 0. The highest BCUT2D eigenvalue weighted by Gasteiger charge is 2.48. The van der Waals surface area contributed by atoms with E-state index >= 15 is 0 Å². The van der Waals surface area contributed by atoms with Gasteiger partial charge in [0.05, 0.1) is 13.2 Å². The Bertz CT molecular complexity index is 219. The molecule has 0 aromatic rings. The van der Waals surface area contributed by atoms with Gasteiger partial charge < -0.3 is 35.7 Å². The Morgan fingerprint density at radius 2 is 1.67 bits per heavy atom. The molecule has 4 atom stereocenters. The Kier molecular flexibility index (Phi) is 5.08. The number of carboxylic acid groups (broad SMARTS) is 1. The number of aliphatic carboxylic acids is 1. The van der Waals surface area contributed by atoms with Crippen molar-refractivity contribution in [3.05, 3.63) is 0 Å². The van der Waals surface area contributed by atoms with Crippen LogP contribution < -0.4 is 0 Å². The molecular weight excluding hydrogens is 212 g/mol. The van der Waals surface area contributed by atoms with Crippen molar-refractivity contribution in [3.63, 3.8) is 0 Å². The van der Waals surface area contributed by atoms with Crippen molar-refractivity contribution in [2.75, 3.05) is 13.2 Å². The van der Waals surface area contributed by atoms with Gasteiger partial charge in [0.1, 0.15) is 18.3 Å². The highest BCUT2D eigenvalue weighted by molar-refractivity contribution is 5.78. The number of hydrogen-bond donors (Lipinski definition) is 7. The number of carbonyl (C=O) groups is 1. The molecule has 0 rings (SSSR count). The van der Waals surface area contributed by atoms with E-state index in [1.807, 2.05) is 0 Å². The van der Waals surface area contributed by atoms with Gasteiger partial charge in [-0.1, -0.05) is 0 Å². The summed E-state index contributed by atoms with van der Waals surface area (Å²) in [5.74, 6) is -1.96. The fourth-order valence-corrected chi connectivity index (χ4v) is 0.889. The van der Waals surface area contributed by atoms with Gasteiger partial charge in [0, 0.05) is 0 Å². The number of carboxylic acids is 1. The zero-order valence-corrected chi connectivity index (χ0v) is 7.69. The molecule has 8 nitrogen and oxygen atoms in total. The molecule has 7 N–H and O–H groups in total. The molecule has 0 saturated carbocycles. The summed E-state index contributed by atoms with van der Waals surface area (Å²) in [4.78, 5) is 10.5. The predicted octanol–water partition coefficient (Wildman–Crippen LogP) is -4.13. The van der Waals surface area contributed by atoms with Crippen molar-refractivity contribution in [1.29, 1.82) is 0 Å². The Morgan fingerprint density at radius 3 is 1.93 bits per heavy atom. The fourth-order valence-electron chi connectivity index (χ4n) is 0.889. The molecule has 0 aromatic carbocycles. The van der Waals surface area contributed by atoms with Crippen LogP contribution in [0.3, 0.4) is 0 Å². The third-order valence-corrected chi connectivity index (χ3v) is 2.01. The van der Waals surface area contributed by atoms with Gasteiger partial charge in [-0.05, 0) is 0 Å². The summed E-state index contributed by atoms with van der Waals surface area (Å²) in [6.07, 6.45) is -6.25. The van der Waals surface area contributed by atoms with E-state index in [1.165, 1.54) is 0 Å². The van der Waals surface area contributed by atoms with Gasteiger partial charge in [0.25, 0.3) is 0 Å². The molecule has 15 heavy (non-hydrogen) atoms. The van der Waals surface area contributed by atoms with Crippen molar-refractivity contribution in [3.8, 4) is 0 Å².